The Morgan fingerprint density at radius 2 is 1.66 bits per heavy atom. The molecule has 1 amide bonds. The lowest BCUT2D eigenvalue weighted by atomic mass is 10.1. The highest BCUT2D eigenvalue weighted by Crippen LogP contribution is 2.27. The largest absolute Gasteiger partial charge is 0.372 e. The predicted octanol–water partition coefficient (Wildman–Crippen LogP) is 6.00. The lowest BCUT2D eigenvalue weighted by molar-refractivity contribution is 0.0762. The normalized spacial score (nSPS) is 13.9. The first-order valence-corrected chi connectivity index (χ1v) is 12.0. The van der Waals surface area contributed by atoms with Crippen molar-refractivity contribution in [3.63, 3.8) is 0 Å². The number of anilines is 1. The Balaban J connectivity index is 1.44. The summed E-state index contributed by atoms with van der Waals surface area (Å²) in [6.07, 6.45) is 6.03. The van der Waals surface area contributed by atoms with E-state index in [0.29, 0.717) is 0 Å². The van der Waals surface area contributed by atoms with Crippen molar-refractivity contribution in [2.24, 2.45) is 0 Å². The number of hydrogen-bond acceptors (Lipinski definition) is 3. The van der Waals surface area contributed by atoms with E-state index in [1.54, 1.807) is 0 Å². The molecule has 2 aromatic carbocycles. The summed E-state index contributed by atoms with van der Waals surface area (Å²) in [6.45, 7) is 8.04. The summed E-state index contributed by atoms with van der Waals surface area (Å²) >= 11 is 0. The van der Waals surface area contributed by atoms with E-state index in [-0.39, 0.29) is 5.91 Å². The molecule has 1 saturated heterocycles. The number of piperidine rings is 1. The standard InChI is InChI=1S/C27H34N4O/c1-3-5-17-30(4-2)27(32)23-11-9-21(10-12-23)25-20-26(29-28-25)22-13-15-24(16-14-22)31-18-7-6-8-19-31/h9-16,20H,3-8,17-19H2,1-2H3,(H,28,29). The van der Waals surface area contributed by atoms with E-state index < -0.39 is 0 Å². The third-order valence-electron chi connectivity index (χ3n) is 6.36. The van der Waals surface area contributed by atoms with Crippen molar-refractivity contribution in [2.75, 3.05) is 31.1 Å². The van der Waals surface area contributed by atoms with Crippen LogP contribution in [0.1, 0.15) is 56.3 Å². The van der Waals surface area contributed by atoms with Gasteiger partial charge < -0.3 is 9.80 Å². The minimum absolute atomic E-state index is 0.103. The molecule has 0 bridgehead atoms. The molecule has 0 aliphatic carbocycles. The highest BCUT2D eigenvalue weighted by Gasteiger charge is 2.15. The van der Waals surface area contributed by atoms with Crippen LogP contribution in [-0.4, -0.2) is 47.2 Å². The SMILES string of the molecule is CCCCN(CC)C(=O)c1ccc(-c2cc(-c3ccc(N4CCCCC4)cc3)n[nH]2)cc1. The van der Waals surface area contributed by atoms with Gasteiger partial charge in [0.05, 0.1) is 11.4 Å². The Bertz CT molecular complexity index is 1000. The molecule has 0 spiro atoms. The summed E-state index contributed by atoms with van der Waals surface area (Å²) in [5.41, 5.74) is 6.06. The number of H-pyrrole nitrogens is 1. The molecule has 1 aromatic heterocycles. The molecular weight excluding hydrogens is 396 g/mol. The van der Waals surface area contributed by atoms with Gasteiger partial charge in [0, 0.05) is 43.0 Å². The van der Waals surface area contributed by atoms with Crippen LogP contribution in [0, 0.1) is 0 Å². The number of amides is 1. The van der Waals surface area contributed by atoms with Crippen LogP contribution in [0.25, 0.3) is 22.5 Å². The second-order valence-electron chi connectivity index (χ2n) is 8.58. The van der Waals surface area contributed by atoms with E-state index in [1.165, 1.54) is 24.9 Å². The van der Waals surface area contributed by atoms with Crippen molar-refractivity contribution in [3.8, 4) is 22.5 Å². The molecule has 4 rings (SSSR count). The van der Waals surface area contributed by atoms with Crippen molar-refractivity contribution in [1.82, 2.24) is 15.1 Å². The van der Waals surface area contributed by atoms with Gasteiger partial charge in [0.15, 0.2) is 0 Å². The maximum absolute atomic E-state index is 12.8. The van der Waals surface area contributed by atoms with Gasteiger partial charge in [0.2, 0.25) is 0 Å². The highest BCUT2D eigenvalue weighted by molar-refractivity contribution is 5.94. The van der Waals surface area contributed by atoms with Crippen LogP contribution in [0.3, 0.4) is 0 Å². The number of hydrogen-bond donors (Lipinski definition) is 1. The zero-order valence-corrected chi connectivity index (χ0v) is 19.3. The molecule has 1 aliphatic heterocycles. The number of benzene rings is 2. The quantitative estimate of drug-likeness (QED) is 0.477. The summed E-state index contributed by atoms with van der Waals surface area (Å²) in [5, 5.41) is 7.68. The van der Waals surface area contributed by atoms with Gasteiger partial charge in [-0.2, -0.15) is 5.10 Å². The summed E-state index contributed by atoms with van der Waals surface area (Å²) in [5.74, 6) is 0.103. The van der Waals surface area contributed by atoms with Gasteiger partial charge in [-0.3, -0.25) is 9.89 Å². The number of nitrogens with one attached hydrogen (secondary N) is 1. The second-order valence-corrected chi connectivity index (χ2v) is 8.58. The monoisotopic (exact) mass is 430 g/mol. The van der Waals surface area contributed by atoms with Crippen LogP contribution in [0.15, 0.2) is 54.6 Å². The first-order valence-electron chi connectivity index (χ1n) is 12.0. The fraction of sp³-hybridized carbons (Fsp3) is 0.407. The smallest absolute Gasteiger partial charge is 0.253 e. The summed E-state index contributed by atoms with van der Waals surface area (Å²) in [6, 6.07) is 18.6. The summed E-state index contributed by atoms with van der Waals surface area (Å²) in [7, 11) is 0. The molecule has 168 valence electrons. The van der Waals surface area contributed by atoms with Gasteiger partial charge in [-0.25, -0.2) is 0 Å². The number of aromatic nitrogens is 2. The molecule has 1 aliphatic rings. The van der Waals surface area contributed by atoms with E-state index in [1.807, 2.05) is 36.1 Å². The molecule has 0 saturated carbocycles. The van der Waals surface area contributed by atoms with Crippen LogP contribution >= 0.6 is 0 Å². The zero-order chi connectivity index (χ0) is 22.3. The minimum Gasteiger partial charge on any atom is -0.372 e. The van der Waals surface area contributed by atoms with Gasteiger partial charge in [-0.05, 0) is 68.5 Å². The summed E-state index contributed by atoms with van der Waals surface area (Å²) in [4.78, 5) is 17.1. The van der Waals surface area contributed by atoms with E-state index in [9.17, 15) is 4.79 Å². The number of aromatic amines is 1. The van der Waals surface area contributed by atoms with Gasteiger partial charge in [-0.1, -0.05) is 37.6 Å². The highest BCUT2D eigenvalue weighted by atomic mass is 16.2. The molecule has 32 heavy (non-hydrogen) atoms. The average Bonchev–Trinajstić information content (AvgIpc) is 3.35. The lowest BCUT2D eigenvalue weighted by Gasteiger charge is -2.28. The Morgan fingerprint density at radius 1 is 0.969 bits per heavy atom. The van der Waals surface area contributed by atoms with E-state index in [2.05, 4.69) is 52.4 Å². The molecular formula is C27H34N4O. The molecule has 0 atom stereocenters. The molecule has 3 aromatic rings. The maximum Gasteiger partial charge on any atom is 0.253 e. The lowest BCUT2D eigenvalue weighted by Crippen LogP contribution is -2.31. The first kappa shape index (κ1) is 22.1. The Morgan fingerprint density at radius 3 is 2.31 bits per heavy atom. The van der Waals surface area contributed by atoms with E-state index in [4.69, 9.17) is 0 Å². The van der Waals surface area contributed by atoms with E-state index >= 15 is 0 Å². The number of nitrogens with zero attached hydrogens (tertiary/aromatic N) is 3. The van der Waals surface area contributed by atoms with Crippen molar-refractivity contribution in [3.05, 3.63) is 60.2 Å². The third-order valence-corrected chi connectivity index (χ3v) is 6.36. The number of carbonyl (C=O) groups excluding carboxylic acids is 1. The first-order chi connectivity index (χ1) is 15.7. The second kappa shape index (κ2) is 10.5. The molecule has 0 radical (unpaired) electrons. The van der Waals surface area contributed by atoms with Crippen LogP contribution in [0.2, 0.25) is 0 Å². The Hall–Kier alpha value is -3.08. The third kappa shape index (κ3) is 5.04. The number of rotatable bonds is 8. The van der Waals surface area contributed by atoms with Gasteiger partial charge in [0.1, 0.15) is 0 Å². The van der Waals surface area contributed by atoms with Crippen molar-refractivity contribution < 1.29 is 4.79 Å². The molecule has 0 unspecified atom stereocenters. The van der Waals surface area contributed by atoms with Crippen LogP contribution in [-0.2, 0) is 0 Å². The molecule has 1 N–H and O–H groups in total. The maximum atomic E-state index is 12.8. The molecule has 1 fully saturated rings. The van der Waals surface area contributed by atoms with Crippen LogP contribution < -0.4 is 4.90 Å². The molecule has 5 nitrogen and oxygen atoms in total. The van der Waals surface area contributed by atoms with Crippen molar-refractivity contribution in [1.29, 1.82) is 0 Å². The van der Waals surface area contributed by atoms with Gasteiger partial charge in [0.25, 0.3) is 5.91 Å². The zero-order valence-electron chi connectivity index (χ0n) is 19.3. The number of carbonyl (C=O) groups is 1. The van der Waals surface area contributed by atoms with Gasteiger partial charge >= 0.3 is 0 Å². The Labute approximate surface area is 191 Å². The van der Waals surface area contributed by atoms with Gasteiger partial charge in [-0.15, -0.1) is 0 Å². The predicted molar refractivity (Wildman–Crippen MR) is 132 cm³/mol. The van der Waals surface area contributed by atoms with Crippen LogP contribution in [0.4, 0.5) is 5.69 Å². The summed E-state index contributed by atoms with van der Waals surface area (Å²) < 4.78 is 0. The molecule has 2 heterocycles. The topological polar surface area (TPSA) is 52.2 Å². The molecule has 5 heteroatoms. The van der Waals surface area contributed by atoms with Crippen molar-refractivity contribution >= 4 is 11.6 Å². The van der Waals surface area contributed by atoms with Crippen LogP contribution in [0.5, 0.6) is 0 Å². The minimum atomic E-state index is 0.103. The van der Waals surface area contributed by atoms with E-state index in [0.717, 1.165) is 67.1 Å². The number of unbranched alkanes of at least 4 members (excludes halogenated alkanes) is 1. The van der Waals surface area contributed by atoms with Crippen molar-refractivity contribution in [2.45, 2.75) is 46.0 Å². The fourth-order valence-corrected chi connectivity index (χ4v) is 4.34. The fourth-order valence-electron chi connectivity index (χ4n) is 4.34. The Kier molecular flexibility index (Phi) is 7.25. The average molecular weight is 431 g/mol.